The predicted octanol–water partition coefficient (Wildman–Crippen LogP) is 3.66. The number of hydrogen-bond donors (Lipinski definition) is 1. The molecule has 0 spiro atoms. The fourth-order valence-corrected chi connectivity index (χ4v) is 2.39. The van der Waals surface area contributed by atoms with E-state index in [1.807, 2.05) is 12.1 Å². The average Bonchev–Trinajstić information content (AvgIpc) is 3.10. The van der Waals surface area contributed by atoms with Gasteiger partial charge in [0.05, 0.1) is 0 Å². The minimum Gasteiger partial charge on any atom is -0.508 e. The van der Waals surface area contributed by atoms with Crippen LogP contribution in [0.1, 0.15) is 29.4 Å². The molecule has 0 aliphatic heterocycles. The second-order valence-electron chi connectivity index (χ2n) is 4.45. The van der Waals surface area contributed by atoms with E-state index in [0.717, 1.165) is 0 Å². The number of aromatic hydroxyl groups is 1. The average molecular weight is 210 g/mol. The van der Waals surface area contributed by atoms with Crippen molar-refractivity contribution in [3.8, 4) is 5.75 Å². The Bertz CT molecular complexity index is 490. The van der Waals surface area contributed by atoms with Gasteiger partial charge in [-0.15, -0.1) is 0 Å². The first-order valence-electron chi connectivity index (χ1n) is 5.68. The Balaban J connectivity index is 1.82. The smallest absolute Gasteiger partial charge is 0.115 e. The lowest BCUT2D eigenvalue weighted by Crippen LogP contribution is -1.83. The molecule has 1 nitrogen and oxygen atoms in total. The van der Waals surface area contributed by atoms with E-state index in [2.05, 4.69) is 36.4 Å². The van der Waals surface area contributed by atoms with Crippen LogP contribution in [0.5, 0.6) is 5.75 Å². The number of phenolic OH excluding ortho intramolecular Hbond substituents is 1. The van der Waals surface area contributed by atoms with Crippen LogP contribution in [0.3, 0.4) is 0 Å². The first kappa shape index (κ1) is 9.46. The Hall–Kier alpha value is -1.76. The van der Waals surface area contributed by atoms with E-state index in [9.17, 15) is 5.11 Å². The molecular weight excluding hydrogens is 196 g/mol. The highest BCUT2D eigenvalue weighted by Crippen LogP contribution is 2.54. The third-order valence-electron chi connectivity index (χ3n) is 3.32. The first-order chi connectivity index (χ1) is 7.84. The molecule has 16 heavy (non-hydrogen) atoms. The minimum absolute atomic E-state index is 0.371. The highest BCUT2D eigenvalue weighted by atomic mass is 16.3. The van der Waals surface area contributed by atoms with Crippen molar-refractivity contribution in [3.05, 3.63) is 65.7 Å². The molecule has 80 valence electrons. The summed E-state index contributed by atoms with van der Waals surface area (Å²) in [7, 11) is 0. The van der Waals surface area contributed by atoms with Crippen molar-refractivity contribution in [3.63, 3.8) is 0 Å². The number of hydrogen-bond acceptors (Lipinski definition) is 1. The molecule has 0 saturated heterocycles. The van der Waals surface area contributed by atoms with Gasteiger partial charge in [0.2, 0.25) is 0 Å². The number of phenols is 1. The van der Waals surface area contributed by atoms with Gasteiger partial charge in [0.25, 0.3) is 0 Å². The van der Waals surface area contributed by atoms with Gasteiger partial charge in [-0.1, -0.05) is 42.5 Å². The Morgan fingerprint density at radius 3 is 2.25 bits per heavy atom. The van der Waals surface area contributed by atoms with E-state index in [-0.39, 0.29) is 0 Å². The molecule has 1 aliphatic rings. The van der Waals surface area contributed by atoms with E-state index in [1.54, 1.807) is 6.07 Å². The van der Waals surface area contributed by atoms with Crippen molar-refractivity contribution in [2.45, 2.75) is 18.3 Å². The molecule has 0 aromatic heterocycles. The fourth-order valence-electron chi connectivity index (χ4n) is 2.39. The maximum Gasteiger partial charge on any atom is 0.115 e. The van der Waals surface area contributed by atoms with E-state index in [0.29, 0.717) is 17.6 Å². The third-order valence-corrected chi connectivity index (χ3v) is 3.32. The highest BCUT2D eigenvalue weighted by Gasteiger charge is 2.39. The SMILES string of the molecule is Oc1cccc([C@H]2C[C@@H]2c2ccccc2)c1. The van der Waals surface area contributed by atoms with Crippen molar-refractivity contribution in [1.82, 2.24) is 0 Å². The van der Waals surface area contributed by atoms with E-state index in [1.165, 1.54) is 17.5 Å². The summed E-state index contributed by atoms with van der Waals surface area (Å²) in [6, 6.07) is 18.2. The Labute approximate surface area is 95.4 Å². The zero-order chi connectivity index (χ0) is 11.0. The summed E-state index contributed by atoms with van der Waals surface area (Å²) < 4.78 is 0. The molecular formula is C15H14O. The van der Waals surface area contributed by atoms with Crippen LogP contribution in [-0.2, 0) is 0 Å². The Morgan fingerprint density at radius 2 is 1.50 bits per heavy atom. The van der Waals surface area contributed by atoms with Gasteiger partial charge in [0.1, 0.15) is 5.75 Å². The lowest BCUT2D eigenvalue weighted by atomic mass is 10.0. The molecule has 3 rings (SSSR count). The molecule has 0 amide bonds. The van der Waals surface area contributed by atoms with Crippen molar-refractivity contribution in [2.75, 3.05) is 0 Å². The predicted molar refractivity (Wildman–Crippen MR) is 64.6 cm³/mol. The molecule has 0 bridgehead atoms. The molecule has 1 fully saturated rings. The van der Waals surface area contributed by atoms with Crippen molar-refractivity contribution >= 4 is 0 Å². The van der Waals surface area contributed by atoms with E-state index in [4.69, 9.17) is 0 Å². The van der Waals surface area contributed by atoms with Gasteiger partial charge in [0, 0.05) is 0 Å². The molecule has 0 heterocycles. The van der Waals surface area contributed by atoms with Crippen LogP contribution in [0.4, 0.5) is 0 Å². The molecule has 2 atom stereocenters. The fraction of sp³-hybridized carbons (Fsp3) is 0.200. The standard InChI is InChI=1S/C15H14O/c16-13-8-4-7-12(9-13)15-10-14(15)11-5-2-1-3-6-11/h1-9,14-16H,10H2/t14-,15-/m1/s1. The van der Waals surface area contributed by atoms with Gasteiger partial charge >= 0.3 is 0 Å². The monoisotopic (exact) mass is 210 g/mol. The second-order valence-corrected chi connectivity index (χ2v) is 4.45. The molecule has 2 aromatic carbocycles. The van der Waals surface area contributed by atoms with Crippen LogP contribution in [-0.4, -0.2) is 5.11 Å². The van der Waals surface area contributed by atoms with Gasteiger partial charge in [-0.05, 0) is 41.5 Å². The van der Waals surface area contributed by atoms with Crippen molar-refractivity contribution < 1.29 is 5.11 Å². The molecule has 0 radical (unpaired) electrons. The van der Waals surface area contributed by atoms with Crippen LogP contribution in [0.15, 0.2) is 54.6 Å². The van der Waals surface area contributed by atoms with Gasteiger partial charge in [-0.25, -0.2) is 0 Å². The van der Waals surface area contributed by atoms with Crippen LogP contribution in [0, 0.1) is 0 Å². The first-order valence-corrected chi connectivity index (χ1v) is 5.68. The maximum atomic E-state index is 9.45. The largest absolute Gasteiger partial charge is 0.508 e. The molecule has 1 saturated carbocycles. The summed E-state index contributed by atoms with van der Waals surface area (Å²) in [4.78, 5) is 0. The number of rotatable bonds is 2. The summed E-state index contributed by atoms with van der Waals surface area (Å²) >= 11 is 0. The van der Waals surface area contributed by atoms with Gasteiger partial charge in [-0.2, -0.15) is 0 Å². The second kappa shape index (κ2) is 3.67. The summed E-state index contributed by atoms with van der Waals surface area (Å²) in [5.74, 6) is 1.61. The van der Waals surface area contributed by atoms with Gasteiger partial charge in [-0.3, -0.25) is 0 Å². The van der Waals surface area contributed by atoms with Crippen LogP contribution < -0.4 is 0 Å². The molecule has 1 N–H and O–H groups in total. The highest BCUT2D eigenvalue weighted by molar-refractivity contribution is 5.39. The summed E-state index contributed by atoms with van der Waals surface area (Å²) in [5.41, 5.74) is 2.67. The molecule has 1 heteroatoms. The van der Waals surface area contributed by atoms with E-state index < -0.39 is 0 Å². The topological polar surface area (TPSA) is 20.2 Å². The third kappa shape index (κ3) is 1.69. The normalized spacial score (nSPS) is 23.0. The lowest BCUT2D eigenvalue weighted by Gasteiger charge is -2.01. The lowest BCUT2D eigenvalue weighted by molar-refractivity contribution is 0.474. The van der Waals surface area contributed by atoms with Gasteiger partial charge in [0.15, 0.2) is 0 Å². The maximum absolute atomic E-state index is 9.45. The molecule has 0 unspecified atom stereocenters. The van der Waals surface area contributed by atoms with E-state index >= 15 is 0 Å². The Morgan fingerprint density at radius 1 is 0.812 bits per heavy atom. The molecule has 1 aliphatic carbocycles. The van der Waals surface area contributed by atoms with Gasteiger partial charge < -0.3 is 5.11 Å². The zero-order valence-corrected chi connectivity index (χ0v) is 9.01. The van der Waals surface area contributed by atoms with Crippen LogP contribution in [0.25, 0.3) is 0 Å². The summed E-state index contributed by atoms with van der Waals surface area (Å²) in [5, 5.41) is 9.45. The van der Waals surface area contributed by atoms with Crippen LogP contribution in [0.2, 0.25) is 0 Å². The zero-order valence-electron chi connectivity index (χ0n) is 9.01. The van der Waals surface area contributed by atoms with Crippen molar-refractivity contribution in [1.29, 1.82) is 0 Å². The summed E-state index contributed by atoms with van der Waals surface area (Å²) in [6.07, 6.45) is 1.20. The summed E-state index contributed by atoms with van der Waals surface area (Å²) in [6.45, 7) is 0. The minimum atomic E-state index is 0.371. The Kier molecular flexibility index (Phi) is 2.17. The molecule has 2 aromatic rings. The van der Waals surface area contributed by atoms with Crippen molar-refractivity contribution in [2.24, 2.45) is 0 Å². The number of benzene rings is 2. The van der Waals surface area contributed by atoms with Crippen LogP contribution >= 0.6 is 0 Å². The quantitative estimate of drug-likeness (QED) is 0.802.